The Kier molecular flexibility index (Phi) is 4.54. The molecule has 1 heterocycles. The lowest BCUT2D eigenvalue weighted by atomic mass is 10.1. The van der Waals surface area contributed by atoms with Crippen LogP contribution in [-0.2, 0) is 10.1 Å². The van der Waals surface area contributed by atoms with Crippen molar-refractivity contribution in [3.63, 3.8) is 0 Å². The van der Waals surface area contributed by atoms with Gasteiger partial charge in [-0.15, -0.1) is 0 Å². The molecule has 1 aromatic rings. The molecule has 17 heavy (non-hydrogen) atoms. The van der Waals surface area contributed by atoms with Gasteiger partial charge in [-0.05, 0) is 38.8 Å². The molecule has 5 heteroatoms. The van der Waals surface area contributed by atoms with E-state index in [-0.39, 0.29) is 4.91 Å². The molecule has 0 fully saturated rings. The van der Waals surface area contributed by atoms with Gasteiger partial charge in [0.1, 0.15) is 11.5 Å². The van der Waals surface area contributed by atoms with Gasteiger partial charge in [0.2, 0.25) is 0 Å². The Bertz CT molecular complexity index is 508. The van der Waals surface area contributed by atoms with Gasteiger partial charge in [-0.3, -0.25) is 4.55 Å². The largest absolute Gasteiger partial charge is 0.462 e. The summed E-state index contributed by atoms with van der Waals surface area (Å²) in [6, 6.07) is 3.47. The number of unbranched alkanes of at least 4 members (excludes halogenated alkanes) is 1. The first-order chi connectivity index (χ1) is 7.86. The second kappa shape index (κ2) is 5.51. The van der Waals surface area contributed by atoms with Crippen molar-refractivity contribution in [2.24, 2.45) is 0 Å². The van der Waals surface area contributed by atoms with Crippen LogP contribution in [0.15, 0.2) is 21.5 Å². The minimum Gasteiger partial charge on any atom is -0.462 e. The molecular weight excluding hydrogens is 240 g/mol. The van der Waals surface area contributed by atoms with Crippen LogP contribution < -0.4 is 0 Å². The van der Waals surface area contributed by atoms with Crippen molar-refractivity contribution in [3.05, 3.63) is 28.6 Å². The summed E-state index contributed by atoms with van der Waals surface area (Å²) in [5.41, 5.74) is 0.481. The van der Waals surface area contributed by atoms with E-state index in [1.807, 2.05) is 6.92 Å². The highest BCUT2D eigenvalue weighted by atomic mass is 32.2. The Morgan fingerprint density at radius 2 is 2.06 bits per heavy atom. The minimum atomic E-state index is -4.16. The van der Waals surface area contributed by atoms with E-state index in [1.54, 1.807) is 26.0 Å². The fourth-order valence-electron chi connectivity index (χ4n) is 1.62. The molecule has 0 radical (unpaired) electrons. The van der Waals surface area contributed by atoms with Crippen LogP contribution in [-0.4, -0.2) is 13.0 Å². The summed E-state index contributed by atoms with van der Waals surface area (Å²) in [6.07, 6.45) is 1.91. The van der Waals surface area contributed by atoms with Crippen molar-refractivity contribution in [3.8, 4) is 0 Å². The highest BCUT2D eigenvalue weighted by Gasteiger charge is 2.19. The Labute approximate surface area is 102 Å². The predicted molar refractivity (Wildman–Crippen MR) is 67.1 cm³/mol. The number of aryl methyl sites for hydroxylation is 1. The molecule has 0 atom stereocenters. The van der Waals surface area contributed by atoms with Crippen LogP contribution in [0.4, 0.5) is 0 Å². The van der Waals surface area contributed by atoms with Gasteiger partial charge in [0.25, 0.3) is 10.1 Å². The number of hydrogen-bond acceptors (Lipinski definition) is 3. The van der Waals surface area contributed by atoms with Crippen LogP contribution >= 0.6 is 0 Å². The van der Waals surface area contributed by atoms with Crippen LogP contribution in [0.5, 0.6) is 0 Å². The van der Waals surface area contributed by atoms with Gasteiger partial charge in [-0.1, -0.05) is 13.3 Å². The number of allylic oxidation sites excluding steroid dienone is 2. The van der Waals surface area contributed by atoms with Crippen molar-refractivity contribution < 1.29 is 17.4 Å². The second-order valence-electron chi connectivity index (χ2n) is 4.04. The first kappa shape index (κ1) is 14.0. The summed E-state index contributed by atoms with van der Waals surface area (Å²) in [7, 11) is -4.16. The van der Waals surface area contributed by atoms with Gasteiger partial charge in [0.05, 0.1) is 4.91 Å². The van der Waals surface area contributed by atoms with Crippen LogP contribution in [0, 0.1) is 6.92 Å². The van der Waals surface area contributed by atoms with Crippen molar-refractivity contribution in [2.45, 2.75) is 40.0 Å². The predicted octanol–water partition coefficient (Wildman–Crippen LogP) is 3.40. The molecule has 96 valence electrons. The normalized spacial score (nSPS) is 13.6. The molecule has 0 spiro atoms. The third-order valence-corrected chi connectivity index (χ3v) is 3.73. The molecule has 1 N–H and O–H groups in total. The lowest BCUT2D eigenvalue weighted by Gasteiger charge is -2.07. The third-order valence-electron chi connectivity index (χ3n) is 2.60. The molecule has 0 bridgehead atoms. The second-order valence-corrected chi connectivity index (χ2v) is 5.48. The molecule has 1 rings (SSSR count). The average Bonchev–Trinajstić information content (AvgIpc) is 2.63. The third kappa shape index (κ3) is 3.71. The first-order valence-electron chi connectivity index (χ1n) is 5.60. The molecule has 0 aromatic carbocycles. The summed E-state index contributed by atoms with van der Waals surface area (Å²) in [5.74, 6) is 1.20. The van der Waals surface area contributed by atoms with E-state index in [0.717, 1.165) is 6.42 Å². The molecule has 0 saturated carbocycles. The van der Waals surface area contributed by atoms with Gasteiger partial charge < -0.3 is 4.42 Å². The fraction of sp³-hybridized carbons (Fsp3) is 0.500. The van der Waals surface area contributed by atoms with E-state index < -0.39 is 10.1 Å². The minimum absolute atomic E-state index is 0.0497. The molecule has 0 aliphatic rings. The zero-order valence-corrected chi connectivity index (χ0v) is 11.2. The zero-order chi connectivity index (χ0) is 13.1. The summed E-state index contributed by atoms with van der Waals surface area (Å²) < 4.78 is 37.2. The van der Waals surface area contributed by atoms with E-state index in [0.29, 0.717) is 29.9 Å². The maximum atomic E-state index is 11.3. The van der Waals surface area contributed by atoms with Crippen LogP contribution in [0.25, 0.3) is 5.57 Å². The molecule has 1 aromatic heterocycles. The van der Waals surface area contributed by atoms with Crippen molar-refractivity contribution in [1.29, 1.82) is 0 Å². The summed E-state index contributed by atoms with van der Waals surface area (Å²) >= 11 is 0. The maximum absolute atomic E-state index is 11.3. The van der Waals surface area contributed by atoms with Crippen molar-refractivity contribution in [2.75, 3.05) is 0 Å². The van der Waals surface area contributed by atoms with Gasteiger partial charge in [-0.25, -0.2) is 0 Å². The Hall–Kier alpha value is -1.07. The molecular formula is C12H18O4S. The molecule has 0 aliphatic carbocycles. The zero-order valence-electron chi connectivity index (χ0n) is 10.4. The van der Waals surface area contributed by atoms with Crippen molar-refractivity contribution in [1.82, 2.24) is 0 Å². The standard InChI is InChI=1S/C12H18O4S/c1-4-5-6-12(17(13,14)15)10(3)11-8-7-9(2)16-11/h7-8H,4-6H2,1-3H3,(H,13,14,15)/b12-10-. The molecule has 4 nitrogen and oxygen atoms in total. The van der Waals surface area contributed by atoms with Gasteiger partial charge >= 0.3 is 0 Å². The first-order valence-corrected chi connectivity index (χ1v) is 7.04. The van der Waals surface area contributed by atoms with Crippen LogP contribution in [0.1, 0.15) is 44.6 Å². The molecule has 0 saturated heterocycles. The average molecular weight is 258 g/mol. The summed E-state index contributed by atoms with van der Waals surface area (Å²) in [5, 5.41) is 0. The number of furan rings is 1. The topological polar surface area (TPSA) is 67.5 Å². The molecule has 0 amide bonds. The number of hydrogen-bond donors (Lipinski definition) is 1. The maximum Gasteiger partial charge on any atom is 0.291 e. The van der Waals surface area contributed by atoms with E-state index in [4.69, 9.17) is 4.42 Å². The highest BCUT2D eigenvalue weighted by Crippen LogP contribution is 2.26. The van der Waals surface area contributed by atoms with Crippen LogP contribution in [0.3, 0.4) is 0 Å². The van der Waals surface area contributed by atoms with E-state index in [9.17, 15) is 13.0 Å². The van der Waals surface area contributed by atoms with E-state index >= 15 is 0 Å². The van der Waals surface area contributed by atoms with Gasteiger partial charge in [0.15, 0.2) is 0 Å². The Morgan fingerprint density at radius 1 is 1.41 bits per heavy atom. The Balaban J connectivity index is 3.18. The monoisotopic (exact) mass is 258 g/mol. The molecule has 0 aliphatic heterocycles. The van der Waals surface area contributed by atoms with E-state index in [2.05, 4.69) is 0 Å². The Morgan fingerprint density at radius 3 is 2.47 bits per heavy atom. The van der Waals surface area contributed by atoms with Crippen molar-refractivity contribution >= 4 is 15.7 Å². The fourth-order valence-corrected chi connectivity index (χ4v) is 2.51. The number of rotatable bonds is 5. The van der Waals surface area contributed by atoms with Gasteiger partial charge in [-0.2, -0.15) is 8.42 Å². The van der Waals surface area contributed by atoms with Gasteiger partial charge in [0, 0.05) is 5.57 Å². The lowest BCUT2D eigenvalue weighted by Crippen LogP contribution is -2.04. The summed E-state index contributed by atoms with van der Waals surface area (Å²) in [4.78, 5) is 0.0497. The highest BCUT2D eigenvalue weighted by molar-refractivity contribution is 7.90. The lowest BCUT2D eigenvalue weighted by molar-refractivity contribution is 0.487. The smallest absolute Gasteiger partial charge is 0.291 e. The van der Waals surface area contributed by atoms with E-state index in [1.165, 1.54) is 0 Å². The summed E-state index contributed by atoms with van der Waals surface area (Å²) in [6.45, 7) is 5.40. The van der Waals surface area contributed by atoms with Crippen LogP contribution in [0.2, 0.25) is 0 Å². The SMILES string of the molecule is CCCC/C(=C(\C)c1ccc(C)o1)S(=O)(=O)O. The molecule has 0 unspecified atom stereocenters. The quantitative estimate of drug-likeness (QED) is 0.822.